The maximum Gasteiger partial charge on any atom is 0.231 e. The molecule has 5 nitrogen and oxygen atoms in total. The van der Waals surface area contributed by atoms with Crippen LogP contribution in [0.15, 0.2) is 12.1 Å². The van der Waals surface area contributed by atoms with Gasteiger partial charge in [0.2, 0.25) is 6.79 Å². The lowest BCUT2D eigenvalue weighted by Gasteiger charge is -2.09. The van der Waals surface area contributed by atoms with E-state index in [0.717, 1.165) is 0 Å². The third-order valence-electron chi connectivity index (χ3n) is 2.09. The van der Waals surface area contributed by atoms with Crippen molar-refractivity contribution < 1.29 is 23.0 Å². The minimum absolute atomic E-state index is 0.0320. The first-order valence-corrected chi connectivity index (χ1v) is 5.53. The quantitative estimate of drug-likeness (QED) is 0.789. The molecule has 15 heavy (non-hydrogen) atoms. The zero-order valence-corrected chi connectivity index (χ0v) is 8.87. The molecule has 2 rings (SSSR count). The number of hydrogen-bond donors (Lipinski definition) is 1. The van der Waals surface area contributed by atoms with Crippen molar-refractivity contribution in [2.45, 2.75) is 5.75 Å². The first-order chi connectivity index (χ1) is 7.22. The molecule has 6 heteroatoms. The second-order valence-corrected chi connectivity index (χ2v) is 3.88. The van der Waals surface area contributed by atoms with Crippen LogP contribution in [-0.2, 0) is 16.8 Å². The zero-order valence-electron chi connectivity index (χ0n) is 8.06. The van der Waals surface area contributed by atoms with E-state index in [4.69, 9.17) is 18.8 Å². The van der Waals surface area contributed by atoms with Crippen LogP contribution in [0.4, 0.5) is 0 Å². The summed E-state index contributed by atoms with van der Waals surface area (Å²) in [6.45, 7) is 0.133. The van der Waals surface area contributed by atoms with Crippen LogP contribution in [0.2, 0.25) is 0 Å². The van der Waals surface area contributed by atoms with E-state index in [0.29, 0.717) is 22.8 Å². The SMILES string of the molecule is COc1ccc2c(c1CS(=O)O)OCO2. The monoisotopic (exact) mass is 230 g/mol. The Kier molecular flexibility index (Phi) is 2.79. The molecule has 1 aliphatic rings. The van der Waals surface area contributed by atoms with Crippen LogP contribution in [0.3, 0.4) is 0 Å². The molecule has 0 radical (unpaired) electrons. The summed E-state index contributed by atoms with van der Waals surface area (Å²) < 4.78 is 35.2. The molecule has 0 fully saturated rings. The van der Waals surface area contributed by atoms with Gasteiger partial charge in [0, 0.05) is 0 Å². The second kappa shape index (κ2) is 4.08. The van der Waals surface area contributed by atoms with Gasteiger partial charge in [-0.1, -0.05) is 0 Å². The standard InChI is InChI=1S/C9H10O5S/c1-12-7-2-3-8-9(14-5-13-8)6(7)4-15(10)11/h2-3H,4-5H2,1H3,(H,10,11). The van der Waals surface area contributed by atoms with Gasteiger partial charge in [-0.2, -0.15) is 0 Å². The highest BCUT2D eigenvalue weighted by Crippen LogP contribution is 2.41. The fraction of sp³-hybridized carbons (Fsp3) is 0.333. The van der Waals surface area contributed by atoms with E-state index in [1.165, 1.54) is 7.11 Å². The molecule has 1 aliphatic heterocycles. The summed E-state index contributed by atoms with van der Waals surface area (Å²) in [6, 6.07) is 3.40. The Morgan fingerprint density at radius 3 is 3.00 bits per heavy atom. The molecular weight excluding hydrogens is 220 g/mol. The first-order valence-electron chi connectivity index (χ1n) is 4.25. The molecule has 1 heterocycles. The fourth-order valence-corrected chi connectivity index (χ4v) is 1.98. The summed E-state index contributed by atoms with van der Waals surface area (Å²) >= 11 is -1.94. The number of methoxy groups -OCH3 is 1. The molecule has 1 atom stereocenters. The summed E-state index contributed by atoms with van der Waals surface area (Å²) in [4.78, 5) is 0. The van der Waals surface area contributed by atoms with E-state index in [1.807, 2.05) is 0 Å². The van der Waals surface area contributed by atoms with Crippen LogP contribution in [0, 0.1) is 0 Å². The van der Waals surface area contributed by atoms with Crippen molar-refractivity contribution in [2.24, 2.45) is 0 Å². The van der Waals surface area contributed by atoms with E-state index in [2.05, 4.69) is 0 Å². The van der Waals surface area contributed by atoms with Crippen LogP contribution in [-0.4, -0.2) is 22.7 Å². The van der Waals surface area contributed by atoms with Crippen molar-refractivity contribution in [3.8, 4) is 17.2 Å². The Labute approximate surface area is 89.2 Å². The van der Waals surface area contributed by atoms with Crippen LogP contribution in [0.25, 0.3) is 0 Å². The van der Waals surface area contributed by atoms with Gasteiger partial charge in [0.1, 0.15) is 5.75 Å². The maximum absolute atomic E-state index is 10.8. The Morgan fingerprint density at radius 2 is 2.33 bits per heavy atom. The molecule has 0 amide bonds. The molecule has 1 aromatic rings. The number of rotatable bonds is 3. The highest BCUT2D eigenvalue weighted by molar-refractivity contribution is 7.78. The average Bonchev–Trinajstić information content (AvgIpc) is 2.65. The molecule has 82 valence electrons. The van der Waals surface area contributed by atoms with E-state index >= 15 is 0 Å². The van der Waals surface area contributed by atoms with E-state index in [-0.39, 0.29) is 12.5 Å². The third kappa shape index (κ3) is 1.91. The number of ether oxygens (including phenoxy) is 3. The molecule has 1 unspecified atom stereocenters. The first kappa shape index (κ1) is 10.3. The third-order valence-corrected chi connectivity index (χ3v) is 2.62. The van der Waals surface area contributed by atoms with Crippen LogP contribution >= 0.6 is 0 Å². The molecule has 0 aromatic heterocycles. The van der Waals surface area contributed by atoms with Gasteiger partial charge in [0.15, 0.2) is 22.6 Å². The van der Waals surface area contributed by atoms with Crippen LogP contribution in [0.1, 0.15) is 5.56 Å². The molecule has 0 saturated heterocycles. The smallest absolute Gasteiger partial charge is 0.231 e. The van der Waals surface area contributed by atoms with Gasteiger partial charge in [-0.05, 0) is 12.1 Å². The predicted octanol–water partition coefficient (Wildman–Crippen LogP) is 1.15. The lowest BCUT2D eigenvalue weighted by molar-refractivity contribution is 0.173. The van der Waals surface area contributed by atoms with E-state index in [9.17, 15) is 4.21 Å². The summed E-state index contributed by atoms with van der Waals surface area (Å²) in [6.07, 6.45) is 0. The number of fused-ring (bicyclic) bond motifs is 1. The van der Waals surface area contributed by atoms with E-state index < -0.39 is 11.1 Å². The van der Waals surface area contributed by atoms with Crippen molar-refractivity contribution in [3.63, 3.8) is 0 Å². The van der Waals surface area contributed by atoms with Crippen molar-refractivity contribution in [1.82, 2.24) is 0 Å². The Morgan fingerprint density at radius 1 is 1.53 bits per heavy atom. The molecule has 0 saturated carbocycles. The number of benzene rings is 1. The zero-order chi connectivity index (χ0) is 10.8. The summed E-state index contributed by atoms with van der Waals surface area (Å²) in [7, 11) is 1.50. The van der Waals surface area contributed by atoms with Gasteiger partial charge in [0.25, 0.3) is 0 Å². The fourth-order valence-electron chi connectivity index (χ4n) is 1.46. The Hall–Kier alpha value is -1.27. The Balaban J connectivity index is 2.47. The summed E-state index contributed by atoms with van der Waals surface area (Å²) in [5.74, 6) is 1.57. The lowest BCUT2D eigenvalue weighted by Crippen LogP contribution is -1.99. The second-order valence-electron chi connectivity index (χ2n) is 2.95. The van der Waals surface area contributed by atoms with Crippen molar-refractivity contribution in [1.29, 1.82) is 0 Å². The van der Waals surface area contributed by atoms with Crippen molar-refractivity contribution in [3.05, 3.63) is 17.7 Å². The van der Waals surface area contributed by atoms with Crippen LogP contribution < -0.4 is 14.2 Å². The minimum Gasteiger partial charge on any atom is -0.496 e. The molecular formula is C9H10O5S. The number of hydrogen-bond acceptors (Lipinski definition) is 4. The molecule has 0 bridgehead atoms. The van der Waals surface area contributed by atoms with Crippen LogP contribution in [0.5, 0.6) is 17.2 Å². The van der Waals surface area contributed by atoms with E-state index in [1.54, 1.807) is 12.1 Å². The van der Waals surface area contributed by atoms with Crippen molar-refractivity contribution in [2.75, 3.05) is 13.9 Å². The normalized spacial score (nSPS) is 15.1. The van der Waals surface area contributed by atoms with Gasteiger partial charge in [-0.3, -0.25) is 0 Å². The Bertz CT molecular complexity index is 404. The largest absolute Gasteiger partial charge is 0.496 e. The summed E-state index contributed by atoms with van der Waals surface area (Å²) in [5, 5.41) is 0. The van der Waals surface area contributed by atoms with Gasteiger partial charge in [-0.15, -0.1) is 0 Å². The molecule has 0 spiro atoms. The van der Waals surface area contributed by atoms with Gasteiger partial charge in [0.05, 0.1) is 18.4 Å². The molecule has 1 N–H and O–H groups in total. The predicted molar refractivity (Wildman–Crippen MR) is 53.6 cm³/mol. The molecule has 1 aromatic carbocycles. The van der Waals surface area contributed by atoms with Gasteiger partial charge >= 0.3 is 0 Å². The highest BCUT2D eigenvalue weighted by Gasteiger charge is 2.22. The molecule has 0 aliphatic carbocycles. The topological polar surface area (TPSA) is 65.0 Å². The van der Waals surface area contributed by atoms with Gasteiger partial charge < -0.3 is 18.8 Å². The minimum atomic E-state index is -1.94. The maximum atomic E-state index is 10.8. The summed E-state index contributed by atoms with van der Waals surface area (Å²) in [5.41, 5.74) is 0.563. The lowest BCUT2D eigenvalue weighted by atomic mass is 10.2. The average molecular weight is 230 g/mol. The highest BCUT2D eigenvalue weighted by atomic mass is 32.2. The van der Waals surface area contributed by atoms with Gasteiger partial charge in [-0.25, -0.2) is 4.21 Å². The van der Waals surface area contributed by atoms with Crippen molar-refractivity contribution >= 4 is 11.1 Å².